The highest BCUT2D eigenvalue weighted by atomic mass is 16.5. The number of ether oxygens (including phenoxy) is 1. The van der Waals surface area contributed by atoms with Crippen LogP contribution in [0.5, 0.6) is 0 Å². The average molecular weight is 376 g/mol. The molecule has 0 atom stereocenters. The van der Waals surface area contributed by atoms with E-state index in [1.165, 1.54) is 7.11 Å². The monoisotopic (exact) mass is 376 g/mol. The van der Waals surface area contributed by atoms with Crippen LogP contribution in [0.2, 0.25) is 0 Å². The molecule has 2 aromatic rings. The summed E-state index contributed by atoms with van der Waals surface area (Å²) < 4.78 is 15.8. The first-order valence-corrected chi connectivity index (χ1v) is 9.19. The van der Waals surface area contributed by atoms with Gasteiger partial charge in [-0.2, -0.15) is 0 Å². The third-order valence-corrected chi connectivity index (χ3v) is 4.15. The molecule has 0 radical (unpaired) electrons. The Morgan fingerprint density at radius 1 is 1.26 bits per heavy atom. The summed E-state index contributed by atoms with van der Waals surface area (Å²) in [6, 6.07) is 1.68. The van der Waals surface area contributed by atoms with Gasteiger partial charge in [-0.05, 0) is 26.3 Å². The van der Waals surface area contributed by atoms with Crippen LogP contribution < -0.4 is 10.6 Å². The number of aryl methyl sites for hydroxylation is 3. The largest absolute Gasteiger partial charge is 0.465 e. The number of hydrogen-bond donors (Lipinski definition) is 2. The van der Waals surface area contributed by atoms with E-state index in [2.05, 4.69) is 20.8 Å². The predicted octanol–water partition coefficient (Wildman–Crippen LogP) is 2.74. The number of hydrogen-bond acceptors (Lipinski definition) is 6. The van der Waals surface area contributed by atoms with Gasteiger partial charge in [-0.3, -0.25) is 0 Å². The van der Waals surface area contributed by atoms with E-state index in [0.29, 0.717) is 36.1 Å². The number of aromatic nitrogens is 1. The molecule has 8 nitrogen and oxygen atoms in total. The molecule has 2 aromatic heterocycles. The maximum Gasteiger partial charge on any atom is 0.341 e. The van der Waals surface area contributed by atoms with Gasteiger partial charge in [-0.15, -0.1) is 0 Å². The highest BCUT2D eigenvalue weighted by molar-refractivity contribution is 5.90. The second-order valence-corrected chi connectivity index (χ2v) is 5.96. The Morgan fingerprint density at radius 2 is 2.04 bits per heavy atom. The van der Waals surface area contributed by atoms with Crippen molar-refractivity contribution in [2.24, 2.45) is 4.99 Å². The zero-order valence-electron chi connectivity index (χ0n) is 16.6. The van der Waals surface area contributed by atoms with Crippen molar-refractivity contribution >= 4 is 11.9 Å². The SMILES string of the molecule is CCNC(=NCc1c(CC)noc1CC)NCc1cc(C(=O)OC)c(C)o1. The molecule has 0 saturated carbocycles. The molecule has 8 heteroatoms. The first kappa shape index (κ1) is 20.5. The lowest BCUT2D eigenvalue weighted by Crippen LogP contribution is -2.36. The second kappa shape index (κ2) is 9.80. The highest BCUT2D eigenvalue weighted by Gasteiger charge is 2.16. The molecular weight excluding hydrogens is 348 g/mol. The number of methoxy groups -OCH3 is 1. The number of aliphatic imine (C=N–C) groups is 1. The summed E-state index contributed by atoms with van der Waals surface area (Å²) in [5.41, 5.74) is 2.41. The van der Waals surface area contributed by atoms with Gasteiger partial charge in [0.05, 0.1) is 25.9 Å². The van der Waals surface area contributed by atoms with Crippen LogP contribution in [0.25, 0.3) is 0 Å². The first-order chi connectivity index (χ1) is 13.0. The Balaban J connectivity index is 2.08. The Bertz CT molecular complexity index is 770. The van der Waals surface area contributed by atoms with Crippen LogP contribution in [0, 0.1) is 6.92 Å². The molecule has 148 valence electrons. The third-order valence-electron chi connectivity index (χ3n) is 4.15. The summed E-state index contributed by atoms with van der Waals surface area (Å²) in [6.07, 6.45) is 1.59. The van der Waals surface area contributed by atoms with Crippen molar-refractivity contribution in [3.63, 3.8) is 0 Å². The van der Waals surface area contributed by atoms with Gasteiger partial charge in [0.1, 0.15) is 22.8 Å². The minimum Gasteiger partial charge on any atom is -0.465 e. The molecule has 0 bridgehead atoms. The maximum atomic E-state index is 11.7. The number of carbonyl (C=O) groups excluding carboxylic acids is 1. The lowest BCUT2D eigenvalue weighted by molar-refractivity contribution is 0.0599. The Labute approximate surface area is 159 Å². The molecule has 0 aliphatic rings. The highest BCUT2D eigenvalue weighted by Crippen LogP contribution is 2.17. The van der Waals surface area contributed by atoms with Gasteiger partial charge < -0.3 is 24.3 Å². The molecule has 0 unspecified atom stereocenters. The number of nitrogens with one attached hydrogen (secondary N) is 2. The standard InChI is InChI=1S/C19H28N4O4/c1-6-16-15(17(7-2)27-23-16)11-22-19(20-8-3)21-10-13-9-14(12(4)26-13)18(24)25-5/h9H,6-8,10-11H2,1-5H3,(H2,20,21,22). The van der Waals surface area contributed by atoms with Crippen LogP contribution in [-0.2, 0) is 30.7 Å². The van der Waals surface area contributed by atoms with Crippen LogP contribution in [0.1, 0.15) is 59.7 Å². The van der Waals surface area contributed by atoms with Crippen molar-refractivity contribution in [1.29, 1.82) is 0 Å². The summed E-state index contributed by atoms with van der Waals surface area (Å²) in [5, 5.41) is 10.5. The maximum absolute atomic E-state index is 11.7. The summed E-state index contributed by atoms with van der Waals surface area (Å²) >= 11 is 0. The molecule has 0 aliphatic heterocycles. The van der Waals surface area contributed by atoms with E-state index in [1.54, 1.807) is 13.0 Å². The zero-order valence-corrected chi connectivity index (χ0v) is 16.6. The fourth-order valence-electron chi connectivity index (χ4n) is 2.73. The Morgan fingerprint density at radius 3 is 2.67 bits per heavy atom. The van der Waals surface area contributed by atoms with Gasteiger partial charge in [0.25, 0.3) is 0 Å². The van der Waals surface area contributed by atoms with E-state index in [0.717, 1.165) is 36.4 Å². The summed E-state index contributed by atoms with van der Waals surface area (Å²) in [6.45, 7) is 9.42. The molecule has 2 heterocycles. The second-order valence-electron chi connectivity index (χ2n) is 5.96. The third kappa shape index (κ3) is 5.12. The van der Waals surface area contributed by atoms with Crippen molar-refractivity contribution in [1.82, 2.24) is 15.8 Å². The quantitative estimate of drug-likeness (QED) is 0.415. The Kier molecular flexibility index (Phi) is 7.45. The molecule has 0 amide bonds. The fraction of sp³-hybridized carbons (Fsp3) is 0.526. The van der Waals surface area contributed by atoms with Crippen molar-refractivity contribution in [2.45, 2.75) is 53.6 Å². The first-order valence-electron chi connectivity index (χ1n) is 9.19. The lowest BCUT2D eigenvalue weighted by Gasteiger charge is -2.10. The molecule has 0 spiro atoms. The minimum absolute atomic E-state index is 0.397. The number of nitrogens with zero attached hydrogens (tertiary/aromatic N) is 2. The van der Waals surface area contributed by atoms with Gasteiger partial charge >= 0.3 is 5.97 Å². The molecule has 27 heavy (non-hydrogen) atoms. The van der Waals surface area contributed by atoms with Crippen LogP contribution >= 0.6 is 0 Å². The van der Waals surface area contributed by atoms with E-state index in [9.17, 15) is 4.79 Å². The summed E-state index contributed by atoms with van der Waals surface area (Å²) in [7, 11) is 1.35. The van der Waals surface area contributed by atoms with Crippen molar-refractivity contribution in [3.05, 3.63) is 40.2 Å². The van der Waals surface area contributed by atoms with E-state index in [4.69, 9.17) is 13.7 Å². The van der Waals surface area contributed by atoms with Gasteiger partial charge in [0.2, 0.25) is 0 Å². The molecule has 0 saturated heterocycles. The molecule has 0 fully saturated rings. The van der Waals surface area contributed by atoms with E-state index in [-0.39, 0.29) is 0 Å². The van der Waals surface area contributed by atoms with Crippen molar-refractivity contribution < 1.29 is 18.5 Å². The predicted molar refractivity (Wildman–Crippen MR) is 102 cm³/mol. The smallest absolute Gasteiger partial charge is 0.341 e. The number of rotatable bonds is 8. The molecular formula is C19H28N4O4. The summed E-state index contributed by atoms with van der Waals surface area (Å²) in [5.74, 6) is 2.28. The van der Waals surface area contributed by atoms with Crippen LogP contribution in [0.4, 0.5) is 0 Å². The van der Waals surface area contributed by atoms with Crippen molar-refractivity contribution in [2.75, 3.05) is 13.7 Å². The fourth-order valence-corrected chi connectivity index (χ4v) is 2.73. The van der Waals surface area contributed by atoms with E-state index >= 15 is 0 Å². The van der Waals surface area contributed by atoms with Crippen LogP contribution in [0.3, 0.4) is 0 Å². The molecule has 2 rings (SSSR count). The minimum atomic E-state index is -0.408. The van der Waals surface area contributed by atoms with Crippen molar-refractivity contribution in [3.8, 4) is 0 Å². The number of esters is 1. The average Bonchev–Trinajstić information content (AvgIpc) is 3.25. The Hall–Kier alpha value is -2.77. The number of carbonyl (C=O) groups is 1. The number of guanidine groups is 1. The van der Waals surface area contributed by atoms with Crippen LogP contribution in [-0.4, -0.2) is 30.7 Å². The van der Waals surface area contributed by atoms with Gasteiger partial charge in [0, 0.05) is 18.5 Å². The van der Waals surface area contributed by atoms with Gasteiger partial charge in [-0.25, -0.2) is 9.79 Å². The normalized spacial score (nSPS) is 11.5. The lowest BCUT2D eigenvalue weighted by atomic mass is 10.1. The van der Waals surface area contributed by atoms with Gasteiger partial charge in [-0.1, -0.05) is 19.0 Å². The van der Waals surface area contributed by atoms with Crippen LogP contribution in [0.15, 0.2) is 20.0 Å². The molecule has 2 N–H and O–H groups in total. The summed E-state index contributed by atoms with van der Waals surface area (Å²) in [4.78, 5) is 16.3. The van der Waals surface area contributed by atoms with E-state index < -0.39 is 5.97 Å². The number of furan rings is 1. The topological polar surface area (TPSA) is 102 Å². The van der Waals surface area contributed by atoms with Gasteiger partial charge in [0.15, 0.2) is 5.96 Å². The molecule has 0 aliphatic carbocycles. The van der Waals surface area contributed by atoms with E-state index in [1.807, 2.05) is 20.8 Å². The zero-order chi connectivity index (χ0) is 19.8. The molecule has 0 aromatic carbocycles.